The highest BCUT2D eigenvalue weighted by Crippen LogP contribution is 2.29. The average molecular weight is 466 g/mol. The van der Waals surface area contributed by atoms with E-state index in [1.54, 1.807) is 6.07 Å². The third-order valence-electron chi connectivity index (χ3n) is 5.13. The lowest BCUT2D eigenvalue weighted by Gasteiger charge is -2.13. The van der Waals surface area contributed by atoms with Crippen LogP contribution in [0.4, 0.5) is 11.4 Å². The number of nitrogens with one attached hydrogen (secondary N) is 1. The van der Waals surface area contributed by atoms with Gasteiger partial charge in [0.15, 0.2) is 0 Å². The maximum atomic E-state index is 12.6. The number of fused-ring (bicyclic) bond motifs is 1. The Morgan fingerprint density at radius 2 is 1.97 bits per heavy atom. The number of halogens is 1. The number of hydrogen-bond donors (Lipinski definition) is 2. The third-order valence-corrected chi connectivity index (χ3v) is 6.09. The molecule has 0 spiro atoms. The number of rotatable bonds is 7. The number of anilines is 2. The Morgan fingerprint density at radius 3 is 2.72 bits per heavy atom. The molecular formula is C24H24ClN5OS. The van der Waals surface area contributed by atoms with Gasteiger partial charge in [-0.05, 0) is 53.4 Å². The lowest BCUT2D eigenvalue weighted by atomic mass is 10.1. The summed E-state index contributed by atoms with van der Waals surface area (Å²) in [5, 5.41) is 15.1. The second-order valence-corrected chi connectivity index (χ2v) is 8.82. The molecule has 4 rings (SSSR count). The Bertz CT molecular complexity index is 1270. The van der Waals surface area contributed by atoms with Gasteiger partial charge in [0.25, 0.3) is 0 Å². The summed E-state index contributed by atoms with van der Waals surface area (Å²) in [6.45, 7) is 0.638. The molecule has 8 heteroatoms. The second-order valence-electron chi connectivity index (χ2n) is 7.73. The summed E-state index contributed by atoms with van der Waals surface area (Å²) < 4.78 is 1.90. The molecule has 32 heavy (non-hydrogen) atoms. The van der Waals surface area contributed by atoms with Gasteiger partial charge in [-0.3, -0.25) is 14.6 Å². The molecule has 6 nitrogen and oxygen atoms in total. The molecule has 1 aromatic heterocycles. The van der Waals surface area contributed by atoms with Crippen LogP contribution in [0.25, 0.3) is 10.9 Å². The van der Waals surface area contributed by atoms with Crippen LogP contribution in [0.1, 0.15) is 11.1 Å². The molecule has 0 saturated carbocycles. The Balaban J connectivity index is 1.56. The van der Waals surface area contributed by atoms with E-state index in [0.29, 0.717) is 17.3 Å². The van der Waals surface area contributed by atoms with Crippen LogP contribution in [0.3, 0.4) is 0 Å². The average Bonchev–Trinajstić information content (AvgIpc) is 3.17. The van der Waals surface area contributed by atoms with Gasteiger partial charge in [0.1, 0.15) is 0 Å². The minimum atomic E-state index is -0.148. The van der Waals surface area contributed by atoms with Crippen LogP contribution >= 0.6 is 23.5 Å². The Hall–Kier alpha value is -3.00. The van der Waals surface area contributed by atoms with E-state index in [0.717, 1.165) is 44.6 Å². The summed E-state index contributed by atoms with van der Waals surface area (Å²) in [5.41, 5.74) is 4.50. The summed E-state index contributed by atoms with van der Waals surface area (Å²) in [4.78, 5) is 15.5. The molecule has 0 aliphatic heterocycles. The fraction of sp³-hybridized carbons (Fsp3) is 0.167. The van der Waals surface area contributed by atoms with Crippen molar-refractivity contribution in [2.45, 2.75) is 17.9 Å². The van der Waals surface area contributed by atoms with Gasteiger partial charge in [0.05, 0.1) is 18.5 Å². The van der Waals surface area contributed by atoms with E-state index in [1.807, 2.05) is 61.4 Å². The number of benzene rings is 3. The van der Waals surface area contributed by atoms with Gasteiger partial charge in [-0.1, -0.05) is 41.9 Å². The van der Waals surface area contributed by atoms with Crippen LogP contribution < -0.4 is 15.4 Å². The number of nitrogens with two attached hydrogens (primary N) is 1. The van der Waals surface area contributed by atoms with Crippen molar-refractivity contribution in [3.8, 4) is 0 Å². The molecule has 0 unspecified atom stereocenters. The summed E-state index contributed by atoms with van der Waals surface area (Å²) in [6, 6.07) is 19.4. The third kappa shape index (κ3) is 5.07. The zero-order valence-corrected chi connectivity index (χ0v) is 19.5. The number of amides is 1. The first-order valence-corrected chi connectivity index (χ1v) is 11.4. The first kappa shape index (κ1) is 22.2. The van der Waals surface area contributed by atoms with E-state index in [1.165, 1.54) is 0 Å². The van der Waals surface area contributed by atoms with Gasteiger partial charge in [-0.2, -0.15) is 5.10 Å². The van der Waals surface area contributed by atoms with Crippen molar-refractivity contribution in [3.63, 3.8) is 0 Å². The van der Waals surface area contributed by atoms with E-state index in [-0.39, 0.29) is 12.3 Å². The maximum absolute atomic E-state index is 12.6. The Kier molecular flexibility index (Phi) is 6.69. The number of aromatic nitrogens is 2. The highest BCUT2D eigenvalue weighted by molar-refractivity contribution is 7.97. The first-order valence-electron chi connectivity index (χ1n) is 10.1. The number of nitrogens with zero attached hydrogens (tertiary/aromatic N) is 3. The molecule has 0 bridgehead atoms. The monoisotopic (exact) mass is 465 g/mol. The van der Waals surface area contributed by atoms with E-state index in [2.05, 4.69) is 28.4 Å². The molecule has 0 atom stereocenters. The van der Waals surface area contributed by atoms with Crippen LogP contribution in [0.2, 0.25) is 5.02 Å². The Morgan fingerprint density at radius 1 is 1.16 bits per heavy atom. The first-order chi connectivity index (χ1) is 15.4. The summed E-state index contributed by atoms with van der Waals surface area (Å²) in [7, 11) is 4.04. The molecule has 0 saturated heterocycles. The number of carbonyl (C=O) groups excluding carboxylic acids is 1. The predicted octanol–water partition coefficient (Wildman–Crippen LogP) is 4.95. The zero-order chi connectivity index (χ0) is 22.7. The fourth-order valence-electron chi connectivity index (χ4n) is 3.53. The molecule has 0 aliphatic carbocycles. The molecule has 164 valence electrons. The van der Waals surface area contributed by atoms with Crippen molar-refractivity contribution in [1.29, 1.82) is 0 Å². The Labute approximate surface area is 196 Å². The summed E-state index contributed by atoms with van der Waals surface area (Å²) in [5.74, 6) is -0.148. The van der Waals surface area contributed by atoms with Crippen LogP contribution in [0.5, 0.6) is 0 Å². The van der Waals surface area contributed by atoms with Gasteiger partial charge < -0.3 is 10.2 Å². The van der Waals surface area contributed by atoms with Gasteiger partial charge in [0, 0.05) is 47.0 Å². The molecule has 0 radical (unpaired) electrons. The zero-order valence-electron chi connectivity index (χ0n) is 17.9. The minimum Gasteiger partial charge on any atom is -0.378 e. The van der Waals surface area contributed by atoms with Gasteiger partial charge in [-0.15, -0.1) is 0 Å². The molecule has 4 aromatic rings. The van der Waals surface area contributed by atoms with Crippen LogP contribution in [0, 0.1) is 0 Å². The largest absolute Gasteiger partial charge is 0.378 e. The molecule has 0 aliphatic rings. The smallest absolute Gasteiger partial charge is 0.228 e. The molecular weight excluding hydrogens is 442 g/mol. The van der Waals surface area contributed by atoms with Gasteiger partial charge in [0.2, 0.25) is 5.91 Å². The van der Waals surface area contributed by atoms with Gasteiger partial charge in [-0.25, -0.2) is 0 Å². The minimum absolute atomic E-state index is 0.148. The van der Waals surface area contributed by atoms with Crippen molar-refractivity contribution in [3.05, 3.63) is 83.0 Å². The topological polar surface area (TPSA) is 76.2 Å². The van der Waals surface area contributed by atoms with Crippen molar-refractivity contribution in [2.24, 2.45) is 5.14 Å². The predicted molar refractivity (Wildman–Crippen MR) is 133 cm³/mol. The van der Waals surface area contributed by atoms with E-state index >= 15 is 0 Å². The summed E-state index contributed by atoms with van der Waals surface area (Å²) >= 11 is 7.32. The van der Waals surface area contributed by atoms with Crippen LogP contribution in [0.15, 0.2) is 71.8 Å². The maximum Gasteiger partial charge on any atom is 0.228 e. The van der Waals surface area contributed by atoms with Crippen LogP contribution in [-0.4, -0.2) is 29.8 Å². The van der Waals surface area contributed by atoms with Gasteiger partial charge >= 0.3 is 0 Å². The van der Waals surface area contributed by atoms with E-state index in [9.17, 15) is 4.79 Å². The normalized spacial score (nSPS) is 11.0. The highest BCUT2D eigenvalue weighted by Gasteiger charge is 2.12. The quantitative estimate of drug-likeness (QED) is 0.377. The standard InChI is InChI=1S/C24H24ClN5OS/c1-29(2)19-8-5-6-16(10-19)14-30-15-20-22(28-30)12-18(13-23(20)32-26)27-24(31)11-17-7-3-4-9-21(17)25/h3-10,12-13,15H,11,14,26H2,1-2H3,(H,27,31). The molecule has 3 N–H and O–H groups in total. The SMILES string of the molecule is CN(C)c1cccc(Cn2cc3c(SN)cc(NC(=O)Cc4ccccc4Cl)cc3n2)c1. The van der Waals surface area contributed by atoms with E-state index in [4.69, 9.17) is 21.8 Å². The molecule has 1 amide bonds. The number of carbonyl (C=O) groups is 1. The second kappa shape index (κ2) is 9.65. The number of hydrogen-bond acceptors (Lipinski definition) is 5. The fourth-order valence-corrected chi connectivity index (χ4v) is 4.21. The lowest BCUT2D eigenvalue weighted by Crippen LogP contribution is -2.14. The molecule has 0 fully saturated rings. The summed E-state index contributed by atoms with van der Waals surface area (Å²) in [6.07, 6.45) is 2.18. The van der Waals surface area contributed by atoms with Crippen molar-refractivity contribution < 1.29 is 4.79 Å². The molecule has 3 aromatic carbocycles. The van der Waals surface area contributed by atoms with Crippen molar-refractivity contribution in [2.75, 3.05) is 24.3 Å². The molecule has 1 heterocycles. The van der Waals surface area contributed by atoms with Crippen LogP contribution in [-0.2, 0) is 17.8 Å². The van der Waals surface area contributed by atoms with E-state index < -0.39 is 0 Å². The van der Waals surface area contributed by atoms with Crippen molar-refractivity contribution >= 4 is 51.7 Å². The highest BCUT2D eigenvalue weighted by atomic mass is 35.5. The lowest BCUT2D eigenvalue weighted by molar-refractivity contribution is -0.115. The van der Waals surface area contributed by atoms with Crippen molar-refractivity contribution in [1.82, 2.24) is 9.78 Å².